The Balaban J connectivity index is 1.50. The number of benzene rings is 2. The number of aliphatic hydroxyl groups excluding tert-OH is 1. The topological polar surface area (TPSA) is 108 Å². The lowest BCUT2D eigenvalue weighted by atomic mass is 10.1. The molecule has 3 rings (SSSR count). The fraction of sp³-hybridized carbons (Fsp3) is 0.389. The maximum Gasteiger partial charge on any atom is 0.240 e. The van der Waals surface area contributed by atoms with Crippen LogP contribution < -0.4 is 15.4 Å². The van der Waals surface area contributed by atoms with Crippen molar-refractivity contribution in [3.05, 3.63) is 42.5 Å². The Bertz CT molecular complexity index is 885. The molecule has 1 aliphatic heterocycles. The molecule has 0 spiro atoms. The minimum absolute atomic E-state index is 0.00626. The average molecular weight is 377 g/mol. The second-order valence-corrected chi connectivity index (χ2v) is 8.21. The van der Waals surface area contributed by atoms with Crippen molar-refractivity contribution in [2.75, 3.05) is 26.2 Å². The van der Waals surface area contributed by atoms with E-state index in [-0.39, 0.29) is 29.7 Å². The highest BCUT2D eigenvalue weighted by Gasteiger charge is 2.25. The number of nitrogens with one attached hydrogen (secondary N) is 3. The summed E-state index contributed by atoms with van der Waals surface area (Å²) < 4.78 is 27.2. The van der Waals surface area contributed by atoms with Crippen LogP contribution >= 0.6 is 0 Å². The second-order valence-electron chi connectivity index (χ2n) is 6.45. The molecule has 1 amide bonds. The van der Waals surface area contributed by atoms with E-state index in [2.05, 4.69) is 15.4 Å². The minimum atomic E-state index is -3.67. The van der Waals surface area contributed by atoms with Gasteiger partial charge in [-0.15, -0.1) is 0 Å². The highest BCUT2D eigenvalue weighted by Crippen LogP contribution is 2.18. The third-order valence-electron chi connectivity index (χ3n) is 4.54. The molecular formula is C18H23N3O4S. The molecule has 2 unspecified atom stereocenters. The molecular weight excluding hydrogens is 354 g/mol. The summed E-state index contributed by atoms with van der Waals surface area (Å²) in [5.74, 6) is -0.251. The van der Waals surface area contributed by atoms with Crippen molar-refractivity contribution in [1.29, 1.82) is 0 Å². The standard InChI is InChI=1S/C18H23N3O4S/c22-17-12-19-10-15(17)11-20-18(23)7-8-21-26(24,25)16-6-5-13-3-1-2-4-14(13)9-16/h1-6,9,15,17,19,21-22H,7-8,10-12H2,(H,20,23). The lowest BCUT2D eigenvalue weighted by Gasteiger charge is -2.14. The maximum atomic E-state index is 12.4. The van der Waals surface area contributed by atoms with E-state index >= 15 is 0 Å². The maximum absolute atomic E-state index is 12.4. The molecule has 26 heavy (non-hydrogen) atoms. The highest BCUT2D eigenvalue weighted by molar-refractivity contribution is 7.89. The third-order valence-corrected chi connectivity index (χ3v) is 6.00. The van der Waals surface area contributed by atoms with E-state index in [1.165, 1.54) is 0 Å². The zero-order valence-electron chi connectivity index (χ0n) is 14.3. The molecule has 2 aromatic carbocycles. The molecule has 0 saturated carbocycles. The first-order chi connectivity index (χ1) is 12.5. The van der Waals surface area contributed by atoms with Crippen molar-refractivity contribution in [3.63, 3.8) is 0 Å². The number of aliphatic hydroxyl groups is 1. The van der Waals surface area contributed by atoms with Gasteiger partial charge in [-0.1, -0.05) is 30.3 Å². The van der Waals surface area contributed by atoms with Crippen LogP contribution in [0.15, 0.2) is 47.4 Å². The molecule has 2 aromatic rings. The number of rotatable bonds is 7. The zero-order chi connectivity index (χ0) is 18.6. The predicted molar refractivity (Wildman–Crippen MR) is 99.1 cm³/mol. The number of hydrogen-bond acceptors (Lipinski definition) is 5. The molecule has 7 nitrogen and oxygen atoms in total. The Morgan fingerprint density at radius 3 is 2.65 bits per heavy atom. The van der Waals surface area contributed by atoms with Gasteiger partial charge < -0.3 is 15.7 Å². The number of amides is 1. The number of sulfonamides is 1. The number of carbonyl (C=O) groups is 1. The summed E-state index contributed by atoms with van der Waals surface area (Å²) in [6, 6.07) is 12.5. The monoisotopic (exact) mass is 377 g/mol. The van der Waals surface area contributed by atoms with Gasteiger partial charge in [0.15, 0.2) is 0 Å². The van der Waals surface area contributed by atoms with Crippen LogP contribution in [-0.4, -0.2) is 51.7 Å². The number of hydrogen-bond donors (Lipinski definition) is 4. The lowest BCUT2D eigenvalue weighted by Crippen LogP contribution is -2.36. The van der Waals surface area contributed by atoms with Crippen molar-refractivity contribution in [1.82, 2.24) is 15.4 Å². The highest BCUT2D eigenvalue weighted by atomic mass is 32.2. The van der Waals surface area contributed by atoms with E-state index in [0.717, 1.165) is 10.8 Å². The Labute approximate surface area is 152 Å². The molecule has 0 aromatic heterocycles. The van der Waals surface area contributed by atoms with Gasteiger partial charge in [-0.25, -0.2) is 13.1 Å². The summed E-state index contributed by atoms with van der Waals surface area (Å²) in [6.45, 7) is 1.60. The molecule has 1 heterocycles. The molecule has 1 saturated heterocycles. The van der Waals surface area contributed by atoms with Gasteiger partial charge in [0.2, 0.25) is 15.9 Å². The summed E-state index contributed by atoms with van der Waals surface area (Å²) in [7, 11) is -3.67. The van der Waals surface area contributed by atoms with Gasteiger partial charge in [0.1, 0.15) is 0 Å². The Morgan fingerprint density at radius 2 is 1.92 bits per heavy atom. The van der Waals surface area contributed by atoms with E-state index in [1.54, 1.807) is 18.2 Å². The normalized spacial score (nSPS) is 20.3. The van der Waals surface area contributed by atoms with Crippen molar-refractivity contribution < 1.29 is 18.3 Å². The fourth-order valence-corrected chi connectivity index (χ4v) is 4.04. The summed E-state index contributed by atoms with van der Waals surface area (Å²) in [4.78, 5) is 12.0. The largest absolute Gasteiger partial charge is 0.391 e. The summed E-state index contributed by atoms with van der Waals surface area (Å²) >= 11 is 0. The van der Waals surface area contributed by atoms with Crippen LogP contribution in [0.3, 0.4) is 0 Å². The first kappa shape index (κ1) is 18.8. The third kappa shape index (κ3) is 4.59. The Morgan fingerprint density at radius 1 is 1.15 bits per heavy atom. The van der Waals surface area contributed by atoms with Gasteiger partial charge in [-0.2, -0.15) is 0 Å². The molecule has 0 radical (unpaired) electrons. The predicted octanol–water partition coefficient (Wildman–Crippen LogP) is 0.205. The van der Waals surface area contributed by atoms with Crippen LogP contribution in [-0.2, 0) is 14.8 Å². The second kappa shape index (κ2) is 8.13. The quantitative estimate of drug-likeness (QED) is 0.552. The SMILES string of the molecule is O=C(CCNS(=O)(=O)c1ccc2ccccc2c1)NCC1CNCC1O. The van der Waals surface area contributed by atoms with Crippen molar-refractivity contribution in [2.45, 2.75) is 17.4 Å². The van der Waals surface area contributed by atoms with Crippen LogP contribution in [0.1, 0.15) is 6.42 Å². The molecule has 2 atom stereocenters. The molecule has 8 heteroatoms. The summed E-state index contributed by atoms with van der Waals surface area (Å²) in [5.41, 5.74) is 0. The van der Waals surface area contributed by atoms with Gasteiger partial charge in [0.25, 0.3) is 0 Å². The van der Waals surface area contributed by atoms with E-state index in [0.29, 0.717) is 19.6 Å². The minimum Gasteiger partial charge on any atom is -0.391 e. The number of fused-ring (bicyclic) bond motifs is 1. The smallest absolute Gasteiger partial charge is 0.240 e. The van der Waals surface area contributed by atoms with Gasteiger partial charge in [0, 0.05) is 38.5 Å². The summed E-state index contributed by atoms with van der Waals surface area (Å²) in [6.07, 6.45) is -0.412. The molecule has 0 aliphatic carbocycles. The van der Waals surface area contributed by atoms with Crippen LogP contribution in [0.5, 0.6) is 0 Å². The van der Waals surface area contributed by atoms with Gasteiger partial charge in [0.05, 0.1) is 11.0 Å². The Kier molecular flexibility index (Phi) is 5.87. The summed E-state index contributed by atoms with van der Waals surface area (Å²) in [5, 5.41) is 17.3. The number of carbonyl (C=O) groups excluding carboxylic acids is 1. The van der Waals surface area contributed by atoms with Crippen molar-refractivity contribution in [3.8, 4) is 0 Å². The molecule has 140 valence electrons. The first-order valence-corrected chi connectivity index (χ1v) is 10.1. The van der Waals surface area contributed by atoms with Gasteiger partial charge >= 0.3 is 0 Å². The van der Waals surface area contributed by atoms with Crippen LogP contribution in [0.25, 0.3) is 10.8 Å². The number of β-amino-alcohol motifs (C(OH)–C–C–N with tert-alkyl or cyclic N) is 1. The van der Waals surface area contributed by atoms with Crippen molar-refractivity contribution >= 4 is 26.7 Å². The van der Waals surface area contributed by atoms with Crippen LogP contribution in [0.2, 0.25) is 0 Å². The average Bonchev–Trinajstić information content (AvgIpc) is 3.04. The zero-order valence-corrected chi connectivity index (χ0v) is 15.1. The molecule has 1 fully saturated rings. The van der Waals surface area contributed by atoms with E-state index in [1.807, 2.05) is 24.3 Å². The molecule has 1 aliphatic rings. The first-order valence-electron chi connectivity index (χ1n) is 8.60. The molecule has 4 N–H and O–H groups in total. The van der Waals surface area contributed by atoms with Crippen molar-refractivity contribution in [2.24, 2.45) is 5.92 Å². The Hall–Kier alpha value is -2.00. The van der Waals surface area contributed by atoms with E-state index < -0.39 is 16.1 Å². The molecule has 0 bridgehead atoms. The van der Waals surface area contributed by atoms with Crippen LogP contribution in [0.4, 0.5) is 0 Å². The van der Waals surface area contributed by atoms with Crippen LogP contribution in [0, 0.1) is 5.92 Å². The van der Waals surface area contributed by atoms with Gasteiger partial charge in [-0.05, 0) is 22.9 Å². The lowest BCUT2D eigenvalue weighted by molar-refractivity contribution is -0.121. The fourth-order valence-electron chi connectivity index (χ4n) is 2.98. The van der Waals surface area contributed by atoms with Gasteiger partial charge in [-0.3, -0.25) is 4.79 Å². The van der Waals surface area contributed by atoms with E-state index in [9.17, 15) is 18.3 Å². The van der Waals surface area contributed by atoms with E-state index in [4.69, 9.17) is 0 Å².